The van der Waals surface area contributed by atoms with Crippen molar-refractivity contribution in [2.24, 2.45) is 0 Å². The summed E-state index contributed by atoms with van der Waals surface area (Å²) in [5.74, 6) is -0.0204. The highest BCUT2D eigenvalue weighted by molar-refractivity contribution is 6.36. The highest BCUT2D eigenvalue weighted by Crippen LogP contribution is 2.30. The minimum atomic E-state index is -0.509. The first-order chi connectivity index (χ1) is 14.0. The van der Waals surface area contributed by atoms with Crippen molar-refractivity contribution in [2.45, 2.75) is 6.54 Å². The van der Waals surface area contributed by atoms with Crippen LogP contribution < -0.4 is 5.32 Å². The number of hydrogen-bond acceptors (Lipinski definition) is 5. The first-order valence-electron chi connectivity index (χ1n) is 8.35. The van der Waals surface area contributed by atoms with E-state index in [1.54, 1.807) is 28.9 Å². The van der Waals surface area contributed by atoms with Crippen LogP contribution in [0.3, 0.4) is 0 Å². The Kier molecular flexibility index (Phi) is 5.53. The van der Waals surface area contributed by atoms with Gasteiger partial charge < -0.3 is 4.52 Å². The van der Waals surface area contributed by atoms with Gasteiger partial charge in [0.1, 0.15) is 6.33 Å². The minimum Gasteiger partial charge on any atom is -0.355 e. The summed E-state index contributed by atoms with van der Waals surface area (Å²) in [5, 5.41) is 12.1. The number of carbonyl (C=O) groups is 1. The number of nitrogens with one attached hydrogen (secondary N) is 1. The summed E-state index contributed by atoms with van der Waals surface area (Å²) in [5.41, 5.74) is 1.60. The largest absolute Gasteiger partial charge is 0.355 e. The van der Waals surface area contributed by atoms with E-state index in [9.17, 15) is 4.79 Å². The van der Waals surface area contributed by atoms with E-state index < -0.39 is 5.91 Å². The zero-order valence-corrected chi connectivity index (χ0v) is 16.9. The first-order valence-corrected chi connectivity index (χ1v) is 9.49. The number of hydrogen-bond donors (Lipinski definition) is 1. The second kappa shape index (κ2) is 8.24. The van der Waals surface area contributed by atoms with E-state index in [4.69, 9.17) is 39.3 Å². The molecule has 4 rings (SSSR count). The summed E-state index contributed by atoms with van der Waals surface area (Å²) < 4.78 is 6.82. The number of rotatable bonds is 5. The van der Waals surface area contributed by atoms with Crippen molar-refractivity contribution in [1.29, 1.82) is 0 Å². The number of amides is 1. The van der Waals surface area contributed by atoms with Crippen molar-refractivity contribution in [1.82, 2.24) is 19.9 Å². The smallest absolute Gasteiger partial charge is 0.280 e. The molecule has 0 saturated carbocycles. The molecular weight excluding hydrogens is 437 g/mol. The van der Waals surface area contributed by atoms with Gasteiger partial charge in [0, 0.05) is 21.7 Å². The Labute approximate surface area is 180 Å². The van der Waals surface area contributed by atoms with E-state index in [-0.39, 0.29) is 11.6 Å². The lowest BCUT2D eigenvalue weighted by atomic mass is 10.1. The van der Waals surface area contributed by atoms with Crippen molar-refractivity contribution in [3.8, 4) is 11.3 Å². The summed E-state index contributed by atoms with van der Waals surface area (Å²) in [6.45, 7) is 0.465. The van der Waals surface area contributed by atoms with Crippen molar-refractivity contribution in [3.63, 3.8) is 0 Å². The van der Waals surface area contributed by atoms with Crippen LogP contribution in [0, 0.1) is 0 Å². The average Bonchev–Trinajstić information content (AvgIpc) is 3.32. The molecular formula is C19H12Cl3N5O2. The molecule has 0 unspecified atom stereocenters. The Morgan fingerprint density at radius 3 is 2.69 bits per heavy atom. The lowest BCUT2D eigenvalue weighted by Gasteiger charge is -2.01. The summed E-state index contributed by atoms with van der Waals surface area (Å²) >= 11 is 18.0. The van der Waals surface area contributed by atoms with Crippen molar-refractivity contribution in [2.75, 3.05) is 5.32 Å². The number of nitrogens with zero attached hydrogens (tertiary/aromatic N) is 4. The van der Waals surface area contributed by atoms with Crippen molar-refractivity contribution in [3.05, 3.63) is 81.2 Å². The van der Waals surface area contributed by atoms with Crippen LogP contribution in [-0.2, 0) is 6.54 Å². The summed E-state index contributed by atoms with van der Waals surface area (Å²) in [6, 6.07) is 13.8. The predicted octanol–water partition coefficient (Wildman–Crippen LogP) is 5.19. The summed E-state index contributed by atoms with van der Waals surface area (Å²) in [7, 11) is 0. The molecule has 2 heterocycles. The van der Waals surface area contributed by atoms with Gasteiger partial charge in [-0.3, -0.25) is 10.1 Å². The van der Waals surface area contributed by atoms with E-state index in [0.717, 1.165) is 5.56 Å². The molecule has 0 aliphatic carbocycles. The maximum absolute atomic E-state index is 12.4. The third-order valence-electron chi connectivity index (χ3n) is 3.93. The molecule has 1 amide bonds. The molecule has 2 aromatic carbocycles. The van der Waals surface area contributed by atoms with E-state index in [2.05, 4.69) is 20.6 Å². The number of benzene rings is 2. The molecule has 0 saturated heterocycles. The van der Waals surface area contributed by atoms with Gasteiger partial charge in [0.2, 0.25) is 5.95 Å². The normalized spacial score (nSPS) is 10.9. The van der Waals surface area contributed by atoms with Gasteiger partial charge in [0.15, 0.2) is 11.5 Å². The third-order valence-corrected chi connectivity index (χ3v) is 4.72. The Morgan fingerprint density at radius 2 is 1.90 bits per heavy atom. The molecule has 29 heavy (non-hydrogen) atoms. The van der Waals surface area contributed by atoms with Crippen LogP contribution in [0.4, 0.5) is 5.95 Å². The van der Waals surface area contributed by atoms with E-state index in [1.807, 2.05) is 18.2 Å². The molecule has 0 bridgehead atoms. The van der Waals surface area contributed by atoms with Crippen LogP contribution in [0.5, 0.6) is 0 Å². The quantitative estimate of drug-likeness (QED) is 0.454. The molecule has 0 fully saturated rings. The van der Waals surface area contributed by atoms with Gasteiger partial charge in [-0.05, 0) is 35.9 Å². The van der Waals surface area contributed by atoms with Crippen LogP contribution in [0.15, 0.2) is 59.4 Å². The highest BCUT2D eigenvalue weighted by Gasteiger charge is 2.17. The topological polar surface area (TPSA) is 85.8 Å². The molecule has 0 aliphatic rings. The van der Waals surface area contributed by atoms with Gasteiger partial charge in [0.05, 0.1) is 11.6 Å². The molecule has 10 heteroatoms. The molecule has 0 aliphatic heterocycles. The van der Waals surface area contributed by atoms with E-state index in [0.29, 0.717) is 32.9 Å². The SMILES string of the molecule is O=C(Nc1ncn(Cc2cccc(Cl)c2)n1)c1cc(-c2ccc(Cl)cc2Cl)on1. The Balaban J connectivity index is 1.45. The predicted molar refractivity (Wildman–Crippen MR) is 110 cm³/mol. The first kappa shape index (κ1) is 19.4. The molecule has 2 aromatic heterocycles. The van der Waals surface area contributed by atoms with Crippen molar-refractivity contribution < 1.29 is 9.32 Å². The number of aromatic nitrogens is 4. The summed E-state index contributed by atoms with van der Waals surface area (Å²) in [4.78, 5) is 16.5. The third kappa shape index (κ3) is 4.59. The maximum Gasteiger partial charge on any atom is 0.280 e. The van der Waals surface area contributed by atoms with Gasteiger partial charge in [-0.15, -0.1) is 5.10 Å². The molecule has 7 nitrogen and oxygen atoms in total. The zero-order valence-electron chi connectivity index (χ0n) is 14.6. The standard InChI is InChI=1S/C19H12Cl3N5O2/c20-12-3-1-2-11(6-12)9-27-10-23-19(25-27)24-18(28)16-8-17(29-26-16)14-5-4-13(21)7-15(14)22/h1-8,10H,9H2,(H,24,25,28). The average molecular weight is 449 g/mol. The number of anilines is 1. The fourth-order valence-electron chi connectivity index (χ4n) is 2.61. The van der Waals surface area contributed by atoms with Crippen LogP contribution >= 0.6 is 34.8 Å². The number of halogens is 3. The molecule has 0 radical (unpaired) electrons. The van der Waals surface area contributed by atoms with Gasteiger partial charge >= 0.3 is 0 Å². The Bertz CT molecular complexity index is 1190. The summed E-state index contributed by atoms with van der Waals surface area (Å²) in [6.07, 6.45) is 1.51. The maximum atomic E-state index is 12.4. The van der Waals surface area contributed by atoms with Crippen LogP contribution in [0.1, 0.15) is 16.1 Å². The Morgan fingerprint density at radius 1 is 1.07 bits per heavy atom. The molecule has 146 valence electrons. The molecule has 0 spiro atoms. The molecule has 0 atom stereocenters. The van der Waals surface area contributed by atoms with Gasteiger partial charge in [-0.25, -0.2) is 9.67 Å². The minimum absolute atomic E-state index is 0.0669. The Hall–Kier alpha value is -2.87. The van der Waals surface area contributed by atoms with Crippen LogP contribution in [0.25, 0.3) is 11.3 Å². The molecule has 4 aromatic rings. The van der Waals surface area contributed by atoms with Crippen molar-refractivity contribution >= 4 is 46.7 Å². The lowest BCUT2D eigenvalue weighted by molar-refractivity contribution is 0.101. The van der Waals surface area contributed by atoms with E-state index in [1.165, 1.54) is 12.4 Å². The molecule has 1 N–H and O–H groups in total. The van der Waals surface area contributed by atoms with E-state index >= 15 is 0 Å². The highest BCUT2D eigenvalue weighted by atomic mass is 35.5. The lowest BCUT2D eigenvalue weighted by Crippen LogP contribution is -2.13. The van der Waals surface area contributed by atoms with Gasteiger partial charge in [0.25, 0.3) is 5.91 Å². The fraction of sp³-hybridized carbons (Fsp3) is 0.0526. The van der Waals surface area contributed by atoms with Gasteiger partial charge in [-0.2, -0.15) is 0 Å². The second-order valence-corrected chi connectivity index (χ2v) is 7.33. The zero-order chi connectivity index (χ0) is 20.4. The number of carbonyl (C=O) groups excluding carboxylic acids is 1. The monoisotopic (exact) mass is 447 g/mol. The van der Waals surface area contributed by atoms with Crippen LogP contribution in [-0.4, -0.2) is 25.8 Å². The van der Waals surface area contributed by atoms with Crippen LogP contribution in [0.2, 0.25) is 15.1 Å². The second-order valence-electron chi connectivity index (χ2n) is 6.05. The van der Waals surface area contributed by atoms with Gasteiger partial charge in [-0.1, -0.05) is 52.1 Å². The fourth-order valence-corrected chi connectivity index (χ4v) is 3.33.